The minimum Gasteiger partial charge on any atom is -0.385 e. The van der Waals surface area contributed by atoms with Crippen molar-refractivity contribution in [3.05, 3.63) is 29.8 Å². The Hall–Kier alpha value is -1.16. The summed E-state index contributed by atoms with van der Waals surface area (Å²) in [5.41, 5.74) is 1.83. The topological polar surface area (TPSA) is 41.1 Å². The number of thioether (sulfide) groups is 1. The van der Waals surface area contributed by atoms with Crippen molar-refractivity contribution in [3.8, 4) is 0 Å². The van der Waals surface area contributed by atoms with Gasteiger partial charge in [-0.1, -0.05) is 13.8 Å². The number of rotatable bonds is 7. The Labute approximate surface area is 132 Å². The van der Waals surface area contributed by atoms with Crippen molar-refractivity contribution in [2.45, 2.75) is 50.8 Å². The molecular weight excluding hydrogens is 280 g/mol. The van der Waals surface area contributed by atoms with E-state index in [9.17, 15) is 4.79 Å². The Morgan fingerprint density at radius 2 is 2.00 bits per heavy atom. The molecule has 1 fully saturated rings. The van der Waals surface area contributed by atoms with Crippen LogP contribution in [0.5, 0.6) is 0 Å². The maximum Gasteiger partial charge on any atom is 0.251 e. The molecule has 1 aromatic carbocycles. The van der Waals surface area contributed by atoms with Gasteiger partial charge in [0.05, 0.1) is 0 Å². The lowest BCUT2D eigenvalue weighted by molar-refractivity contribution is 0.0938. The van der Waals surface area contributed by atoms with Crippen molar-refractivity contribution < 1.29 is 4.79 Å². The molecule has 4 heteroatoms. The molecule has 0 radical (unpaired) electrons. The maximum absolute atomic E-state index is 12.3. The van der Waals surface area contributed by atoms with Crippen LogP contribution in [-0.2, 0) is 0 Å². The van der Waals surface area contributed by atoms with Crippen LogP contribution in [0.2, 0.25) is 0 Å². The first-order chi connectivity index (χ1) is 10.2. The third-order valence-corrected chi connectivity index (χ3v) is 5.08. The smallest absolute Gasteiger partial charge is 0.251 e. The zero-order valence-electron chi connectivity index (χ0n) is 13.0. The van der Waals surface area contributed by atoms with E-state index in [1.54, 1.807) is 0 Å². The fourth-order valence-electron chi connectivity index (χ4n) is 2.74. The third kappa shape index (κ3) is 4.95. The number of hydrogen-bond acceptors (Lipinski definition) is 3. The Bertz CT molecular complexity index is 447. The van der Waals surface area contributed by atoms with E-state index in [-0.39, 0.29) is 5.91 Å². The number of benzene rings is 1. The molecule has 1 saturated carbocycles. The van der Waals surface area contributed by atoms with Crippen molar-refractivity contribution in [2.24, 2.45) is 0 Å². The molecular formula is C17H26N2OS. The Balaban J connectivity index is 1.83. The summed E-state index contributed by atoms with van der Waals surface area (Å²) in [5.74, 6) is 1.22. The zero-order chi connectivity index (χ0) is 15.1. The molecule has 1 amide bonds. The van der Waals surface area contributed by atoms with Crippen LogP contribution >= 0.6 is 11.8 Å². The Morgan fingerprint density at radius 1 is 1.24 bits per heavy atom. The molecule has 0 spiro atoms. The molecule has 0 heterocycles. The van der Waals surface area contributed by atoms with Gasteiger partial charge in [-0.15, -0.1) is 0 Å². The second-order valence-corrected chi connectivity index (χ2v) is 7.14. The molecule has 21 heavy (non-hydrogen) atoms. The van der Waals surface area contributed by atoms with Crippen LogP contribution in [0.4, 0.5) is 5.69 Å². The molecule has 0 aromatic heterocycles. The molecule has 0 bridgehead atoms. The van der Waals surface area contributed by atoms with Crippen LogP contribution in [0.15, 0.2) is 24.3 Å². The number of amides is 1. The SMILES string of the molecule is CCCNc1ccc(C(=O)NC2CCC(SCC)C2)cc1. The molecule has 116 valence electrons. The molecule has 1 aliphatic carbocycles. The second kappa shape index (κ2) is 8.32. The zero-order valence-corrected chi connectivity index (χ0v) is 13.8. The first-order valence-corrected chi connectivity index (χ1v) is 9.04. The van der Waals surface area contributed by atoms with Crippen LogP contribution in [0.1, 0.15) is 49.9 Å². The van der Waals surface area contributed by atoms with E-state index >= 15 is 0 Å². The van der Waals surface area contributed by atoms with E-state index in [0.717, 1.165) is 48.1 Å². The summed E-state index contributed by atoms with van der Waals surface area (Å²) in [6.07, 6.45) is 4.55. The van der Waals surface area contributed by atoms with Crippen molar-refractivity contribution in [3.63, 3.8) is 0 Å². The van der Waals surface area contributed by atoms with Gasteiger partial charge in [0.15, 0.2) is 0 Å². The molecule has 2 unspecified atom stereocenters. The lowest BCUT2D eigenvalue weighted by Gasteiger charge is -2.13. The van der Waals surface area contributed by atoms with Crippen molar-refractivity contribution >= 4 is 23.4 Å². The highest BCUT2D eigenvalue weighted by molar-refractivity contribution is 7.99. The number of nitrogens with one attached hydrogen (secondary N) is 2. The van der Waals surface area contributed by atoms with Crippen molar-refractivity contribution in [1.29, 1.82) is 0 Å². The van der Waals surface area contributed by atoms with Gasteiger partial charge in [0.2, 0.25) is 0 Å². The van der Waals surface area contributed by atoms with Gasteiger partial charge in [-0.2, -0.15) is 11.8 Å². The van der Waals surface area contributed by atoms with Crippen molar-refractivity contribution in [1.82, 2.24) is 5.32 Å². The van der Waals surface area contributed by atoms with Crippen LogP contribution in [0, 0.1) is 0 Å². The van der Waals surface area contributed by atoms with E-state index in [1.807, 2.05) is 36.0 Å². The molecule has 3 nitrogen and oxygen atoms in total. The predicted molar refractivity (Wildman–Crippen MR) is 92.2 cm³/mol. The summed E-state index contributed by atoms with van der Waals surface area (Å²) in [7, 11) is 0. The lowest BCUT2D eigenvalue weighted by atomic mass is 10.1. The summed E-state index contributed by atoms with van der Waals surface area (Å²) in [6, 6.07) is 8.12. The normalized spacial score (nSPS) is 21.2. The molecule has 1 aliphatic rings. The van der Waals surface area contributed by atoms with E-state index in [0.29, 0.717) is 6.04 Å². The first kappa shape index (κ1) is 16.2. The minimum atomic E-state index is 0.0594. The van der Waals surface area contributed by atoms with Crippen LogP contribution in [-0.4, -0.2) is 29.5 Å². The predicted octanol–water partition coefficient (Wildman–Crippen LogP) is 3.91. The van der Waals surface area contributed by atoms with E-state index < -0.39 is 0 Å². The first-order valence-electron chi connectivity index (χ1n) is 7.99. The van der Waals surface area contributed by atoms with Gasteiger partial charge in [0.1, 0.15) is 0 Å². The minimum absolute atomic E-state index is 0.0594. The standard InChI is InChI=1S/C17H26N2OS/c1-3-11-18-14-7-5-13(6-8-14)17(20)19-15-9-10-16(12-15)21-4-2/h5-8,15-16,18H,3-4,9-12H2,1-2H3,(H,19,20). The van der Waals surface area contributed by atoms with Gasteiger partial charge < -0.3 is 10.6 Å². The Kier molecular flexibility index (Phi) is 6.43. The number of carbonyl (C=O) groups excluding carboxylic acids is 1. The maximum atomic E-state index is 12.3. The number of carbonyl (C=O) groups is 1. The molecule has 2 atom stereocenters. The summed E-state index contributed by atoms with van der Waals surface area (Å²) in [5, 5.41) is 7.22. The summed E-state index contributed by atoms with van der Waals surface area (Å²) < 4.78 is 0. The third-order valence-electron chi connectivity index (χ3n) is 3.85. The average molecular weight is 306 g/mol. The van der Waals surface area contributed by atoms with Gasteiger partial charge in [0, 0.05) is 29.1 Å². The highest BCUT2D eigenvalue weighted by Gasteiger charge is 2.25. The molecule has 1 aromatic rings. The van der Waals surface area contributed by atoms with Gasteiger partial charge in [-0.3, -0.25) is 4.79 Å². The Morgan fingerprint density at radius 3 is 2.67 bits per heavy atom. The van der Waals surface area contributed by atoms with Gasteiger partial charge in [-0.05, 0) is 55.7 Å². The van der Waals surface area contributed by atoms with Crippen LogP contribution in [0.25, 0.3) is 0 Å². The largest absolute Gasteiger partial charge is 0.385 e. The second-order valence-electron chi connectivity index (χ2n) is 5.56. The molecule has 2 rings (SSSR count). The molecule has 2 N–H and O–H groups in total. The van der Waals surface area contributed by atoms with Crippen LogP contribution in [0.3, 0.4) is 0 Å². The quantitative estimate of drug-likeness (QED) is 0.802. The van der Waals surface area contributed by atoms with Gasteiger partial charge in [0.25, 0.3) is 5.91 Å². The highest BCUT2D eigenvalue weighted by atomic mass is 32.2. The van der Waals surface area contributed by atoms with Crippen LogP contribution < -0.4 is 10.6 Å². The summed E-state index contributed by atoms with van der Waals surface area (Å²) in [4.78, 5) is 12.3. The fourth-order valence-corrected chi connectivity index (χ4v) is 3.88. The highest BCUT2D eigenvalue weighted by Crippen LogP contribution is 2.29. The monoisotopic (exact) mass is 306 g/mol. The summed E-state index contributed by atoms with van der Waals surface area (Å²) >= 11 is 2.02. The number of hydrogen-bond donors (Lipinski definition) is 2. The van der Waals surface area contributed by atoms with Gasteiger partial charge >= 0.3 is 0 Å². The van der Waals surface area contributed by atoms with Crippen molar-refractivity contribution in [2.75, 3.05) is 17.6 Å². The summed E-state index contributed by atoms with van der Waals surface area (Å²) in [6.45, 7) is 5.30. The lowest BCUT2D eigenvalue weighted by Crippen LogP contribution is -2.33. The van der Waals surface area contributed by atoms with E-state index in [2.05, 4.69) is 24.5 Å². The van der Waals surface area contributed by atoms with E-state index in [1.165, 1.54) is 6.42 Å². The average Bonchev–Trinajstić information content (AvgIpc) is 2.93. The fraction of sp³-hybridized carbons (Fsp3) is 0.588. The van der Waals surface area contributed by atoms with E-state index in [4.69, 9.17) is 0 Å². The van der Waals surface area contributed by atoms with Gasteiger partial charge in [-0.25, -0.2) is 0 Å². The molecule has 0 saturated heterocycles. The number of anilines is 1. The molecule has 0 aliphatic heterocycles.